The average molecular weight is 384 g/mol. The van der Waals surface area contributed by atoms with Crippen LogP contribution in [-0.4, -0.2) is 43.2 Å². The molecule has 2 aliphatic heterocycles. The molecule has 0 aliphatic carbocycles. The lowest BCUT2D eigenvalue weighted by molar-refractivity contribution is 0.489. The lowest BCUT2D eigenvalue weighted by Gasteiger charge is -2.31. The molecular formula is C18H20N6O2S. The molecule has 27 heavy (non-hydrogen) atoms. The van der Waals surface area contributed by atoms with Crippen molar-refractivity contribution in [1.29, 1.82) is 0 Å². The van der Waals surface area contributed by atoms with E-state index in [1.54, 1.807) is 6.26 Å². The molecule has 0 radical (unpaired) electrons. The van der Waals surface area contributed by atoms with Crippen LogP contribution in [0.5, 0.6) is 0 Å². The maximum Gasteiger partial charge on any atom is 0.227 e. The lowest BCUT2D eigenvalue weighted by atomic mass is 9.93. The van der Waals surface area contributed by atoms with E-state index in [4.69, 9.17) is 10.2 Å². The highest BCUT2D eigenvalue weighted by atomic mass is 32.2. The van der Waals surface area contributed by atoms with Gasteiger partial charge >= 0.3 is 0 Å². The molecule has 3 N–H and O–H groups in total. The summed E-state index contributed by atoms with van der Waals surface area (Å²) >= 11 is 0. The summed E-state index contributed by atoms with van der Waals surface area (Å²) in [7, 11) is -1.05. The van der Waals surface area contributed by atoms with Crippen LogP contribution in [0.4, 0.5) is 11.8 Å². The fourth-order valence-electron chi connectivity index (χ4n) is 3.84. The Morgan fingerprint density at radius 1 is 1.30 bits per heavy atom. The molecule has 0 aromatic carbocycles. The highest BCUT2D eigenvalue weighted by Gasteiger charge is 2.28. The molecule has 0 amide bonds. The van der Waals surface area contributed by atoms with Gasteiger partial charge in [-0.1, -0.05) is 0 Å². The van der Waals surface area contributed by atoms with Crippen molar-refractivity contribution in [2.75, 3.05) is 29.5 Å². The minimum atomic E-state index is -1.05. The zero-order valence-electron chi connectivity index (χ0n) is 14.7. The zero-order valence-corrected chi connectivity index (χ0v) is 15.5. The van der Waals surface area contributed by atoms with E-state index in [9.17, 15) is 4.21 Å². The van der Waals surface area contributed by atoms with Crippen molar-refractivity contribution in [3.05, 3.63) is 35.9 Å². The molecule has 0 spiro atoms. The van der Waals surface area contributed by atoms with Crippen LogP contribution in [0.3, 0.4) is 0 Å². The van der Waals surface area contributed by atoms with Crippen LogP contribution in [0.2, 0.25) is 0 Å². The van der Waals surface area contributed by atoms with Crippen LogP contribution in [-0.2, 0) is 17.2 Å². The van der Waals surface area contributed by atoms with Crippen LogP contribution in [0, 0.1) is 0 Å². The number of nitrogens with one attached hydrogen (secondary N) is 1. The third kappa shape index (κ3) is 2.91. The number of rotatable bonds is 3. The van der Waals surface area contributed by atoms with E-state index in [1.165, 1.54) is 0 Å². The number of furan rings is 1. The molecule has 3 aromatic heterocycles. The van der Waals surface area contributed by atoms with Crippen LogP contribution >= 0.6 is 0 Å². The van der Waals surface area contributed by atoms with Gasteiger partial charge in [0.2, 0.25) is 5.95 Å². The average Bonchev–Trinajstić information content (AvgIpc) is 3.42. The van der Waals surface area contributed by atoms with Gasteiger partial charge in [-0.25, -0.2) is 4.98 Å². The van der Waals surface area contributed by atoms with Crippen molar-refractivity contribution in [3.63, 3.8) is 0 Å². The molecule has 1 saturated heterocycles. The number of aryl methyl sites for hydroxylation is 1. The molecule has 5 heterocycles. The first-order valence-corrected chi connectivity index (χ1v) is 10.4. The van der Waals surface area contributed by atoms with Gasteiger partial charge in [-0.15, -0.1) is 0 Å². The Morgan fingerprint density at radius 3 is 2.93 bits per heavy atom. The van der Waals surface area contributed by atoms with Gasteiger partial charge in [0, 0.05) is 36.9 Å². The van der Waals surface area contributed by atoms with Gasteiger partial charge < -0.3 is 15.1 Å². The van der Waals surface area contributed by atoms with Gasteiger partial charge in [-0.2, -0.15) is 10.1 Å². The molecule has 2 aliphatic rings. The standard InChI is InChI=1S/C18H20N6O2S/c19-17-16-12(5-9-27(16)25)20-18(21-17)24-6-3-11(4-7-24)13-10-14(23-22-13)15-2-1-8-26-15/h1-2,8,10-11H,3-7,9H2,(H,22,23)(H2,19,20,21). The van der Waals surface area contributed by atoms with Crippen molar-refractivity contribution in [1.82, 2.24) is 20.2 Å². The number of fused-ring (bicyclic) bond motifs is 1. The molecule has 1 unspecified atom stereocenters. The van der Waals surface area contributed by atoms with E-state index in [2.05, 4.69) is 31.1 Å². The number of hydrogen-bond donors (Lipinski definition) is 2. The number of H-pyrrole nitrogens is 1. The minimum Gasteiger partial charge on any atom is -0.463 e. The molecule has 1 atom stereocenters. The normalized spacial score (nSPS) is 20.1. The highest BCUT2D eigenvalue weighted by Crippen LogP contribution is 2.32. The molecule has 3 aromatic rings. The van der Waals surface area contributed by atoms with E-state index in [-0.39, 0.29) is 0 Å². The first-order chi connectivity index (χ1) is 13.2. The van der Waals surface area contributed by atoms with Crippen molar-refractivity contribution in [2.24, 2.45) is 0 Å². The Kier molecular flexibility index (Phi) is 3.96. The summed E-state index contributed by atoms with van der Waals surface area (Å²) in [6.07, 6.45) is 4.32. The van der Waals surface area contributed by atoms with Gasteiger partial charge in [0.05, 0.1) is 22.8 Å². The molecule has 9 heteroatoms. The SMILES string of the molecule is Nc1nc(N2CCC(c3cc(-c4ccco4)n[nH]3)CC2)nc2c1S(=O)CC2. The van der Waals surface area contributed by atoms with Crippen molar-refractivity contribution in [2.45, 2.75) is 30.1 Å². The molecule has 1 fully saturated rings. The molecule has 5 rings (SSSR count). The quantitative estimate of drug-likeness (QED) is 0.710. The molecule has 140 valence electrons. The van der Waals surface area contributed by atoms with E-state index >= 15 is 0 Å². The van der Waals surface area contributed by atoms with Gasteiger partial charge in [0.15, 0.2) is 5.76 Å². The minimum absolute atomic E-state index is 0.365. The maximum atomic E-state index is 12.0. The number of aromatic amines is 1. The van der Waals surface area contributed by atoms with Crippen molar-refractivity contribution in [3.8, 4) is 11.5 Å². The Hall–Kier alpha value is -2.68. The summed E-state index contributed by atoms with van der Waals surface area (Å²) in [6, 6.07) is 5.84. The Morgan fingerprint density at radius 2 is 2.15 bits per heavy atom. The summed E-state index contributed by atoms with van der Waals surface area (Å²) in [4.78, 5) is 11.9. The predicted molar refractivity (Wildman–Crippen MR) is 102 cm³/mol. The Bertz CT molecular complexity index is 991. The second kappa shape index (κ2) is 6.49. The van der Waals surface area contributed by atoms with Gasteiger partial charge in [0.1, 0.15) is 16.4 Å². The van der Waals surface area contributed by atoms with Gasteiger partial charge in [-0.05, 0) is 31.0 Å². The third-order valence-electron chi connectivity index (χ3n) is 5.29. The Balaban J connectivity index is 1.30. The second-order valence-corrected chi connectivity index (χ2v) is 8.44. The number of hydrogen-bond acceptors (Lipinski definition) is 7. The van der Waals surface area contributed by atoms with Gasteiger partial charge in [0.25, 0.3) is 0 Å². The Labute approximate surface area is 158 Å². The second-order valence-electron chi connectivity index (χ2n) is 6.93. The smallest absolute Gasteiger partial charge is 0.227 e. The number of nitrogens with two attached hydrogens (primary N) is 1. The van der Waals surface area contributed by atoms with E-state index in [0.29, 0.717) is 34.8 Å². The van der Waals surface area contributed by atoms with E-state index < -0.39 is 10.8 Å². The molecule has 8 nitrogen and oxygen atoms in total. The van der Waals surface area contributed by atoms with Crippen LogP contribution in [0.25, 0.3) is 11.5 Å². The first-order valence-electron chi connectivity index (χ1n) is 9.08. The third-order valence-corrected chi connectivity index (χ3v) is 6.77. The van der Waals surface area contributed by atoms with Crippen molar-refractivity contribution >= 4 is 22.6 Å². The summed E-state index contributed by atoms with van der Waals surface area (Å²) in [5.74, 6) is 2.80. The summed E-state index contributed by atoms with van der Waals surface area (Å²) in [5, 5.41) is 7.52. The lowest BCUT2D eigenvalue weighted by Crippen LogP contribution is -2.34. The topological polar surface area (TPSA) is 114 Å². The zero-order chi connectivity index (χ0) is 18.4. The summed E-state index contributed by atoms with van der Waals surface area (Å²) < 4.78 is 17.4. The molecule has 0 saturated carbocycles. The number of piperidine rings is 1. The highest BCUT2D eigenvalue weighted by molar-refractivity contribution is 7.85. The van der Waals surface area contributed by atoms with Crippen LogP contribution < -0.4 is 10.6 Å². The number of anilines is 2. The molecule has 0 bridgehead atoms. The van der Waals surface area contributed by atoms with Crippen LogP contribution in [0.1, 0.15) is 30.1 Å². The number of aromatic nitrogens is 4. The van der Waals surface area contributed by atoms with Gasteiger partial charge in [-0.3, -0.25) is 9.31 Å². The number of nitrogens with zero attached hydrogens (tertiary/aromatic N) is 4. The predicted octanol–water partition coefficient (Wildman–Crippen LogP) is 2.09. The monoisotopic (exact) mass is 384 g/mol. The summed E-state index contributed by atoms with van der Waals surface area (Å²) in [5.41, 5.74) is 8.85. The first kappa shape index (κ1) is 16.5. The van der Waals surface area contributed by atoms with Crippen LogP contribution in [0.15, 0.2) is 33.8 Å². The fraction of sp³-hybridized carbons (Fsp3) is 0.389. The largest absolute Gasteiger partial charge is 0.463 e. The van der Waals surface area contributed by atoms with E-state index in [1.807, 2.05) is 12.1 Å². The van der Waals surface area contributed by atoms with Crippen molar-refractivity contribution < 1.29 is 8.63 Å². The van der Waals surface area contributed by atoms with E-state index in [0.717, 1.165) is 48.8 Å². The summed E-state index contributed by atoms with van der Waals surface area (Å²) in [6.45, 7) is 1.70. The fourth-order valence-corrected chi connectivity index (χ4v) is 5.11. The number of nitrogen functional groups attached to an aromatic ring is 1. The maximum absolute atomic E-state index is 12.0. The molecular weight excluding hydrogens is 364 g/mol.